The molecule has 0 aromatic carbocycles. The van der Waals surface area contributed by atoms with Crippen LogP contribution in [0.3, 0.4) is 0 Å². The van der Waals surface area contributed by atoms with Crippen molar-refractivity contribution >= 4 is 23.2 Å². The van der Waals surface area contributed by atoms with Crippen LogP contribution in [0.4, 0.5) is 21.7 Å². The van der Waals surface area contributed by atoms with E-state index in [2.05, 4.69) is 20.6 Å². The quantitative estimate of drug-likeness (QED) is 0.737. The second-order valence-electron chi connectivity index (χ2n) is 6.87. The molecule has 1 aliphatic heterocycles. The number of likely N-dealkylation sites (tertiary alicyclic amines) is 1. The second-order valence-corrected chi connectivity index (χ2v) is 6.87. The van der Waals surface area contributed by atoms with Gasteiger partial charge in [-0.05, 0) is 31.0 Å². The summed E-state index contributed by atoms with van der Waals surface area (Å²) in [6, 6.07) is 4.34. The summed E-state index contributed by atoms with van der Waals surface area (Å²) in [6.07, 6.45) is 3.88. The van der Waals surface area contributed by atoms with Gasteiger partial charge in [-0.15, -0.1) is 0 Å². The molecule has 28 heavy (non-hydrogen) atoms. The number of hydrogen-bond acceptors (Lipinski definition) is 7. The van der Waals surface area contributed by atoms with Gasteiger partial charge in [0.05, 0.1) is 17.4 Å². The fraction of sp³-hybridized carbons (Fsp3) is 0.368. The van der Waals surface area contributed by atoms with Crippen LogP contribution in [0.25, 0.3) is 0 Å². The topological polar surface area (TPSA) is 120 Å². The number of anilines is 3. The van der Waals surface area contributed by atoms with E-state index in [4.69, 9.17) is 5.73 Å². The molecule has 0 spiro atoms. The minimum absolute atomic E-state index is 0.0128. The second kappa shape index (κ2) is 8.19. The number of aryl methyl sites for hydroxylation is 1. The van der Waals surface area contributed by atoms with Crippen LogP contribution in [0.1, 0.15) is 24.5 Å². The predicted molar refractivity (Wildman–Crippen MR) is 103 cm³/mol. The number of amides is 1. The van der Waals surface area contributed by atoms with Crippen molar-refractivity contribution in [3.8, 4) is 6.07 Å². The molecular formula is C19H22FN7O. The Bertz CT molecular complexity index is 927. The van der Waals surface area contributed by atoms with Crippen molar-refractivity contribution in [3.63, 3.8) is 0 Å². The Morgan fingerprint density at radius 3 is 2.82 bits per heavy atom. The number of nitrogens with one attached hydrogen (secondary N) is 2. The zero-order chi connectivity index (χ0) is 20.3. The fourth-order valence-electron chi connectivity index (χ4n) is 3.15. The van der Waals surface area contributed by atoms with Crippen molar-refractivity contribution < 1.29 is 9.18 Å². The molecule has 0 radical (unpaired) electrons. The molecule has 2 aromatic rings. The molecule has 146 valence electrons. The highest BCUT2D eigenvalue weighted by Gasteiger charge is 2.29. The van der Waals surface area contributed by atoms with Crippen LogP contribution >= 0.6 is 0 Å². The number of nitriles is 1. The summed E-state index contributed by atoms with van der Waals surface area (Å²) in [5.41, 5.74) is 7.82. The van der Waals surface area contributed by atoms with Gasteiger partial charge in [-0.3, -0.25) is 9.78 Å². The van der Waals surface area contributed by atoms with Crippen molar-refractivity contribution in [2.45, 2.75) is 32.4 Å². The maximum atomic E-state index is 14.5. The van der Waals surface area contributed by atoms with Crippen LogP contribution in [-0.2, 0) is 4.79 Å². The third-order valence-electron chi connectivity index (χ3n) is 4.66. The van der Waals surface area contributed by atoms with Gasteiger partial charge in [0.25, 0.3) is 0 Å². The van der Waals surface area contributed by atoms with Crippen LogP contribution in [0.15, 0.2) is 24.5 Å². The molecule has 0 aliphatic carbocycles. The Hall–Kier alpha value is -3.25. The lowest BCUT2D eigenvalue weighted by Crippen LogP contribution is -2.55. The van der Waals surface area contributed by atoms with Gasteiger partial charge in [0.1, 0.15) is 6.07 Å². The van der Waals surface area contributed by atoms with E-state index < -0.39 is 5.82 Å². The van der Waals surface area contributed by atoms with Gasteiger partial charge < -0.3 is 21.3 Å². The number of piperidine rings is 1. The third-order valence-corrected chi connectivity index (χ3v) is 4.66. The lowest BCUT2D eigenvalue weighted by atomic mass is 10.00. The number of carbonyl (C=O) groups is 1. The number of nitrogens with zero attached hydrogens (tertiary/aromatic N) is 4. The summed E-state index contributed by atoms with van der Waals surface area (Å²) in [5.74, 6) is -0.423. The zero-order valence-electron chi connectivity index (χ0n) is 15.7. The molecule has 2 aromatic heterocycles. The Morgan fingerprint density at radius 1 is 1.39 bits per heavy atom. The highest BCUT2D eigenvalue weighted by atomic mass is 19.1. The number of halogens is 1. The van der Waals surface area contributed by atoms with Crippen molar-refractivity contribution in [2.24, 2.45) is 5.73 Å². The maximum absolute atomic E-state index is 14.5. The first-order chi connectivity index (χ1) is 13.4. The van der Waals surface area contributed by atoms with Gasteiger partial charge >= 0.3 is 0 Å². The summed E-state index contributed by atoms with van der Waals surface area (Å²) in [6.45, 7) is 4.33. The van der Waals surface area contributed by atoms with Crippen LogP contribution in [-0.4, -0.2) is 45.9 Å². The smallest absolute Gasteiger partial charge is 0.219 e. The molecule has 4 N–H and O–H groups in total. The maximum Gasteiger partial charge on any atom is 0.219 e. The SMILES string of the molecule is CC(=O)N1CCC(Nc2nc(Nc3cncc(C)c3)c(C#N)cc2F)C(N)C1. The number of carbonyl (C=O) groups excluding carboxylic acids is 1. The molecule has 1 aliphatic rings. The number of aromatic nitrogens is 2. The minimum Gasteiger partial charge on any atom is -0.363 e. The van der Waals surface area contributed by atoms with Crippen molar-refractivity contribution in [1.29, 1.82) is 5.26 Å². The molecule has 1 fully saturated rings. The van der Waals surface area contributed by atoms with Gasteiger partial charge in [0.2, 0.25) is 5.91 Å². The summed E-state index contributed by atoms with van der Waals surface area (Å²) in [5, 5.41) is 15.4. The number of hydrogen-bond donors (Lipinski definition) is 3. The van der Waals surface area contributed by atoms with E-state index in [0.717, 1.165) is 11.6 Å². The van der Waals surface area contributed by atoms with E-state index in [-0.39, 0.29) is 35.2 Å². The third kappa shape index (κ3) is 4.35. The first kappa shape index (κ1) is 19.5. The van der Waals surface area contributed by atoms with Crippen molar-refractivity contribution in [2.75, 3.05) is 23.7 Å². The molecule has 2 unspecified atom stereocenters. The van der Waals surface area contributed by atoms with E-state index in [0.29, 0.717) is 25.2 Å². The molecule has 8 nitrogen and oxygen atoms in total. The highest BCUT2D eigenvalue weighted by Crippen LogP contribution is 2.25. The average molecular weight is 383 g/mol. The standard InChI is InChI=1S/C19H22FN7O/c1-11-5-14(9-23-8-11)24-18-13(7-21)6-15(20)19(26-18)25-17-3-4-27(12(2)28)10-16(17)22/h5-6,8-9,16-17H,3-4,10,22H2,1-2H3,(H2,24,25,26). The average Bonchev–Trinajstić information content (AvgIpc) is 2.65. The summed E-state index contributed by atoms with van der Waals surface area (Å²) in [4.78, 5) is 21.5. The molecular weight excluding hydrogens is 361 g/mol. The van der Waals surface area contributed by atoms with Gasteiger partial charge in [-0.1, -0.05) is 0 Å². The fourth-order valence-corrected chi connectivity index (χ4v) is 3.15. The van der Waals surface area contributed by atoms with Gasteiger partial charge in [0, 0.05) is 38.3 Å². The van der Waals surface area contributed by atoms with Crippen LogP contribution in [0, 0.1) is 24.1 Å². The number of nitrogens with two attached hydrogens (primary N) is 1. The van der Waals surface area contributed by atoms with E-state index in [9.17, 15) is 14.4 Å². The number of rotatable bonds is 4. The largest absolute Gasteiger partial charge is 0.363 e. The van der Waals surface area contributed by atoms with Crippen LogP contribution < -0.4 is 16.4 Å². The van der Waals surface area contributed by atoms with E-state index in [1.807, 2.05) is 19.1 Å². The lowest BCUT2D eigenvalue weighted by Gasteiger charge is -2.36. The highest BCUT2D eigenvalue weighted by molar-refractivity contribution is 5.73. The van der Waals surface area contributed by atoms with Crippen molar-refractivity contribution in [3.05, 3.63) is 41.5 Å². The molecule has 9 heteroatoms. The normalized spacial score (nSPS) is 19.0. The molecule has 0 saturated carbocycles. The van der Waals surface area contributed by atoms with E-state index in [1.165, 1.54) is 6.92 Å². The predicted octanol–water partition coefficient (Wildman–Crippen LogP) is 1.90. The monoisotopic (exact) mass is 383 g/mol. The molecule has 1 saturated heterocycles. The van der Waals surface area contributed by atoms with Crippen LogP contribution in [0.2, 0.25) is 0 Å². The molecule has 1 amide bonds. The Kier molecular flexibility index (Phi) is 5.70. The summed E-state index contributed by atoms with van der Waals surface area (Å²) in [7, 11) is 0. The number of pyridine rings is 2. The lowest BCUT2D eigenvalue weighted by molar-refractivity contribution is -0.130. The Balaban J connectivity index is 1.82. The molecule has 3 heterocycles. The molecule has 0 bridgehead atoms. The minimum atomic E-state index is -0.634. The van der Waals surface area contributed by atoms with E-state index >= 15 is 0 Å². The van der Waals surface area contributed by atoms with Crippen molar-refractivity contribution in [1.82, 2.24) is 14.9 Å². The first-order valence-electron chi connectivity index (χ1n) is 8.94. The molecule has 3 rings (SSSR count). The van der Waals surface area contributed by atoms with Crippen LogP contribution in [0.5, 0.6) is 0 Å². The van der Waals surface area contributed by atoms with E-state index in [1.54, 1.807) is 17.3 Å². The first-order valence-corrected chi connectivity index (χ1v) is 8.94. The Labute approximate surface area is 162 Å². The zero-order valence-corrected chi connectivity index (χ0v) is 15.7. The van der Waals surface area contributed by atoms with Gasteiger partial charge in [-0.25, -0.2) is 9.37 Å². The summed E-state index contributed by atoms with van der Waals surface area (Å²) >= 11 is 0. The Morgan fingerprint density at radius 2 is 2.18 bits per heavy atom. The van der Waals surface area contributed by atoms with Gasteiger partial charge in [-0.2, -0.15) is 5.26 Å². The molecule has 2 atom stereocenters. The van der Waals surface area contributed by atoms with Gasteiger partial charge in [0.15, 0.2) is 17.5 Å². The summed E-state index contributed by atoms with van der Waals surface area (Å²) < 4.78 is 14.5.